The van der Waals surface area contributed by atoms with Gasteiger partial charge in [0, 0.05) is 11.8 Å². The molecule has 1 heterocycles. The third-order valence-corrected chi connectivity index (χ3v) is 3.02. The van der Waals surface area contributed by atoms with Gasteiger partial charge in [0.05, 0.1) is 12.2 Å². The van der Waals surface area contributed by atoms with Crippen LogP contribution in [-0.4, -0.2) is 22.5 Å². The summed E-state index contributed by atoms with van der Waals surface area (Å²) >= 11 is 0. The number of ether oxygens (including phenoxy) is 1. The second-order valence-corrected chi connectivity index (χ2v) is 4.57. The summed E-state index contributed by atoms with van der Waals surface area (Å²) in [6.45, 7) is 3.96. The van der Waals surface area contributed by atoms with E-state index >= 15 is 0 Å². The first-order chi connectivity index (χ1) is 10.6. The highest BCUT2D eigenvalue weighted by Gasteiger charge is 2.13. The quantitative estimate of drug-likeness (QED) is 0.536. The number of nitrogens with zero attached hydrogens (tertiary/aromatic N) is 2. The van der Waals surface area contributed by atoms with Crippen LogP contribution in [0.25, 0.3) is 5.76 Å². The first-order valence-electron chi connectivity index (χ1n) is 6.98. The molecule has 2 rings (SSSR count). The lowest BCUT2D eigenvalue weighted by molar-refractivity contribution is -0.114. The van der Waals surface area contributed by atoms with Crippen LogP contribution in [0, 0.1) is 0 Å². The first kappa shape index (κ1) is 15.6. The van der Waals surface area contributed by atoms with Crippen molar-refractivity contribution < 1.29 is 14.7 Å². The number of amides is 1. The summed E-state index contributed by atoms with van der Waals surface area (Å²) < 4.78 is 6.41. The van der Waals surface area contributed by atoms with Crippen LogP contribution < -0.4 is 5.49 Å². The molecular formula is C17H18N2O3. The third kappa shape index (κ3) is 3.63. The predicted molar refractivity (Wildman–Crippen MR) is 82.8 cm³/mol. The summed E-state index contributed by atoms with van der Waals surface area (Å²) in [5.41, 5.74) is 1.36. The van der Waals surface area contributed by atoms with Gasteiger partial charge in [-0.05, 0) is 26.0 Å². The lowest BCUT2D eigenvalue weighted by atomic mass is 10.1. The molecular weight excluding hydrogens is 280 g/mol. The van der Waals surface area contributed by atoms with Gasteiger partial charge in [0.1, 0.15) is 5.76 Å². The monoisotopic (exact) mass is 298 g/mol. The topological polar surface area (TPSA) is 63.8 Å². The van der Waals surface area contributed by atoms with Crippen molar-refractivity contribution in [2.45, 2.75) is 13.8 Å². The lowest BCUT2D eigenvalue weighted by Gasteiger charge is -2.11. The summed E-state index contributed by atoms with van der Waals surface area (Å²) in [4.78, 5) is 16.2. The van der Waals surface area contributed by atoms with Crippen molar-refractivity contribution in [3.63, 3.8) is 0 Å². The van der Waals surface area contributed by atoms with Crippen molar-refractivity contribution in [1.29, 1.82) is 0 Å². The van der Waals surface area contributed by atoms with Gasteiger partial charge in [-0.2, -0.15) is 9.72 Å². The van der Waals surface area contributed by atoms with E-state index < -0.39 is 5.91 Å². The Balaban J connectivity index is 2.45. The Morgan fingerprint density at radius 2 is 1.86 bits per heavy atom. The molecule has 1 aromatic carbocycles. The van der Waals surface area contributed by atoms with E-state index in [9.17, 15) is 10.0 Å². The fourth-order valence-electron chi connectivity index (χ4n) is 1.94. The molecule has 0 aliphatic rings. The molecule has 1 N–H and O–H groups in total. The van der Waals surface area contributed by atoms with Crippen LogP contribution in [0.3, 0.4) is 0 Å². The highest BCUT2D eigenvalue weighted by atomic mass is 16.5. The highest BCUT2D eigenvalue weighted by molar-refractivity contribution is 5.99. The minimum atomic E-state index is -0.457. The second kappa shape index (κ2) is 7.26. The smallest absolute Gasteiger partial charge is 0.278 e. The number of rotatable bonds is 4. The minimum absolute atomic E-state index is 0.163. The Bertz CT molecular complexity index is 746. The van der Waals surface area contributed by atoms with Gasteiger partial charge in [-0.25, -0.2) is 0 Å². The van der Waals surface area contributed by atoms with E-state index in [1.807, 2.05) is 37.3 Å². The fraction of sp³-hybridized carbons (Fsp3) is 0.176. The number of pyridine rings is 1. The van der Waals surface area contributed by atoms with Crippen LogP contribution in [0.15, 0.2) is 65.3 Å². The van der Waals surface area contributed by atoms with Gasteiger partial charge >= 0.3 is 0 Å². The van der Waals surface area contributed by atoms with E-state index in [2.05, 4.69) is 4.99 Å². The van der Waals surface area contributed by atoms with E-state index in [-0.39, 0.29) is 5.49 Å². The van der Waals surface area contributed by atoms with Gasteiger partial charge in [0.2, 0.25) is 0 Å². The number of hydrogen-bond donors (Lipinski definition) is 1. The maximum atomic E-state index is 12.3. The van der Waals surface area contributed by atoms with Crippen LogP contribution in [0.4, 0.5) is 0 Å². The molecule has 0 radical (unpaired) electrons. The Kier molecular flexibility index (Phi) is 5.14. The van der Waals surface area contributed by atoms with Crippen LogP contribution in [-0.2, 0) is 9.53 Å². The van der Waals surface area contributed by atoms with Crippen LogP contribution in [0.2, 0.25) is 0 Å². The molecule has 114 valence electrons. The molecule has 1 amide bonds. The average Bonchev–Trinajstić information content (AvgIpc) is 2.55. The number of benzene rings is 1. The Morgan fingerprint density at radius 3 is 2.50 bits per heavy atom. The average molecular weight is 298 g/mol. The maximum Gasteiger partial charge on any atom is 0.278 e. The first-order valence-corrected chi connectivity index (χ1v) is 6.98. The molecule has 1 aromatic heterocycles. The maximum absolute atomic E-state index is 12.3. The molecule has 0 spiro atoms. The minimum Gasteiger partial charge on any atom is -0.493 e. The van der Waals surface area contributed by atoms with E-state index in [0.717, 1.165) is 10.3 Å². The SMILES string of the molecule is CCO/C(=C(/C)C(=O)N=c1ccccn1O)c1ccccc1. The predicted octanol–water partition coefficient (Wildman–Crippen LogP) is 2.62. The molecule has 22 heavy (non-hydrogen) atoms. The molecule has 0 aliphatic carbocycles. The number of carbonyl (C=O) groups excluding carboxylic acids is 1. The molecule has 0 aliphatic heterocycles. The van der Waals surface area contributed by atoms with Crippen LogP contribution >= 0.6 is 0 Å². The number of carbonyl (C=O) groups is 1. The summed E-state index contributed by atoms with van der Waals surface area (Å²) in [5.74, 6) is 0.0403. The molecule has 0 saturated carbocycles. The largest absolute Gasteiger partial charge is 0.493 e. The summed E-state index contributed by atoms with van der Waals surface area (Å²) in [6.07, 6.45) is 1.41. The van der Waals surface area contributed by atoms with E-state index in [0.29, 0.717) is 17.9 Å². The van der Waals surface area contributed by atoms with Crippen molar-refractivity contribution in [3.05, 3.63) is 71.4 Å². The van der Waals surface area contributed by atoms with Crippen LogP contribution in [0.5, 0.6) is 0 Å². The Labute approximate surface area is 128 Å². The molecule has 0 unspecified atom stereocenters. The molecule has 0 atom stereocenters. The Morgan fingerprint density at radius 1 is 1.18 bits per heavy atom. The second-order valence-electron chi connectivity index (χ2n) is 4.57. The summed E-state index contributed by atoms with van der Waals surface area (Å²) in [5, 5.41) is 9.62. The molecule has 5 nitrogen and oxygen atoms in total. The van der Waals surface area contributed by atoms with Crippen LogP contribution in [0.1, 0.15) is 19.4 Å². The van der Waals surface area contributed by atoms with E-state index in [4.69, 9.17) is 4.74 Å². The van der Waals surface area contributed by atoms with Gasteiger partial charge in [-0.3, -0.25) is 4.79 Å². The van der Waals surface area contributed by atoms with Crippen molar-refractivity contribution in [1.82, 2.24) is 4.73 Å². The normalized spacial score (nSPS) is 12.7. The van der Waals surface area contributed by atoms with E-state index in [1.54, 1.807) is 25.1 Å². The zero-order valence-electron chi connectivity index (χ0n) is 12.6. The van der Waals surface area contributed by atoms with Gasteiger partial charge in [-0.15, -0.1) is 0 Å². The Hall–Kier alpha value is -2.82. The standard InChI is InChI=1S/C17H18N2O3/c1-3-22-16(14-9-5-4-6-10-14)13(2)17(20)18-15-11-7-8-12-19(15)21/h4-12,21H,3H2,1-2H3/b16-13-,18-15?. The van der Waals surface area contributed by atoms with Crippen molar-refractivity contribution >= 4 is 11.7 Å². The highest BCUT2D eigenvalue weighted by Crippen LogP contribution is 2.20. The molecule has 5 heteroatoms. The molecule has 0 fully saturated rings. The fourth-order valence-corrected chi connectivity index (χ4v) is 1.94. The zero-order valence-corrected chi connectivity index (χ0v) is 12.6. The van der Waals surface area contributed by atoms with Crippen molar-refractivity contribution in [3.8, 4) is 0 Å². The summed E-state index contributed by atoms with van der Waals surface area (Å²) in [6, 6.07) is 14.3. The van der Waals surface area contributed by atoms with Crippen molar-refractivity contribution in [2.75, 3.05) is 6.61 Å². The molecule has 0 saturated heterocycles. The van der Waals surface area contributed by atoms with Gasteiger partial charge in [0.25, 0.3) is 5.91 Å². The zero-order chi connectivity index (χ0) is 15.9. The van der Waals surface area contributed by atoms with Gasteiger partial charge < -0.3 is 9.94 Å². The number of hydrogen-bond acceptors (Lipinski definition) is 3. The van der Waals surface area contributed by atoms with E-state index in [1.165, 1.54) is 6.20 Å². The number of aromatic nitrogens is 1. The summed E-state index contributed by atoms with van der Waals surface area (Å²) in [7, 11) is 0. The van der Waals surface area contributed by atoms with Crippen molar-refractivity contribution in [2.24, 2.45) is 4.99 Å². The van der Waals surface area contributed by atoms with Gasteiger partial charge in [0.15, 0.2) is 5.49 Å². The third-order valence-electron chi connectivity index (χ3n) is 3.02. The van der Waals surface area contributed by atoms with Gasteiger partial charge in [-0.1, -0.05) is 36.4 Å². The molecule has 0 bridgehead atoms. The molecule has 2 aromatic rings. The lowest BCUT2D eigenvalue weighted by Crippen LogP contribution is -2.19.